The molecule has 2 heterocycles. The van der Waals surface area contributed by atoms with Gasteiger partial charge in [-0.3, -0.25) is 4.79 Å². The van der Waals surface area contributed by atoms with Crippen LogP contribution in [-0.4, -0.2) is 27.6 Å². The van der Waals surface area contributed by atoms with E-state index in [-0.39, 0.29) is 18.4 Å². The van der Waals surface area contributed by atoms with E-state index in [0.29, 0.717) is 6.42 Å². The number of H-pyrrole nitrogens is 1. The molecule has 0 spiro atoms. The van der Waals surface area contributed by atoms with Gasteiger partial charge in [0, 0.05) is 38.8 Å². The van der Waals surface area contributed by atoms with Gasteiger partial charge in [-0.2, -0.15) is 0 Å². The lowest BCUT2D eigenvalue weighted by Gasteiger charge is -2.20. The van der Waals surface area contributed by atoms with Crippen molar-refractivity contribution in [3.63, 3.8) is 0 Å². The van der Waals surface area contributed by atoms with E-state index in [0.717, 1.165) is 42.9 Å². The van der Waals surface area contributed by atoms with E-state index in [1.807, 2.05) is 53.4 Å². The first-order valence-electron chi connectivity index (χ1n) is 11.4. The fourth-order valence-electron chi connectivity index (χ4n) is 4.30. The third-order valence-electron chi connectivity index (χ3n) is 6.03. The number of rotatable bonds is 8. The van der Waals surface area contributed by atoms with Crippen LogP contribution in [0.1, 0.15) is 23.0 Å². The molecular formula is C28H25IN4O2. The zero-order valence-electron chi connectivity index (χ0n) is 19.2. The van der Waals surface area contributed by atoms with Crippen LogP contribution in [0.2, 0.25) is 0 Å². The number of aromatic amines is 1. The van der Waals surface area contributed by atoms with Gasteiger partial charge in [0.1, 0.15) is 11.6 Å². The monoisotopic (exact) mass is 576 g/mol. The van der Waals surface area contributed by atoms with Crippen molar-refractivity contribution in [2.75, 3.05) is 7.11 Å². The second-order valence-electron chi connectivity index (χ2n) is 8.34. The lowest BCUT2D eigenvalue weighted by Crippen LogP contribution is -2.33. The molecule has 0 aliphatic rings. The van der Waals surface area contributed by atoms with Crippen LogP contribution in [0, 0.1) is 3.57 Å². The van der Waals surface area contributed by atoms with Crippen LogP contribution in [0.4, 0.5) is 0 Å². The molecule has 1 amide bonds. The first kappa shape index (κ1) is 23.2. The molecule has 0 aliphatic heterocycles. The van der Waals surface area contributed by atoms with Crippen molar-refractivity contribution < 1.29 is 9.53 Å². The average molecular weight is 576 g/mol. The fourth-order valence-corrected chi connectivity index (χ4v) is 4.66. The number of benzene rings is 3. The van der Waals surface area contributed by atoms with Crippen molar-refractivity contribution >= 4 is 39.4 Å². The molecule has 0 fully saturated rings. The van der Waals surface area contributed by atoms with Gasteiger partial charge in [0.2, 0.25) is 5.91 Å². The maximum atomic E-state index is 13.3. The number of nitrogens with zero attached hydrogens (tertiary/aromatic N) is 2. The van der Waals surface area contributed by atoms with Gasteiger partial charge < -0.3 is 19.6 Å². The Morgan fingerprint density at radius 3 is 2.69 bits per heavy atom. The van der Waals surface area contributed by atoms with Gasteiger partial charge in [0.25, 0.3) is 0 Å². The van der Waals surface area contributed by atoms with E-state index in [9.17, 15) is 4.79 Å². The van der Waals surface area contributed by atoms with E-state index in [1.54, 1.807) is 13.3 Å². The van der Waals surface area contributed by atoms with Gasteiger partial charge in [0.15, 0.2) is 0 Å². The summed E-state index contributed by atoms with van der Waals surface area (Å²) < 4.78 is 8.57. The standard InChI is InChI=1S/C28H25IN4O2/c1-35-23-11-12-25-24(17-23)20(18-31-25)16-27(34)32-26(15-19-5-3-2-4-6-19)28-30-13-14-33(28)22-9-7-21(29)8-10-22/h2-14,17-18,26,31H,15-16H2,1H3,(H,32,34)/t26-/m0/s1. The van der Waals surface area contributed by atoms with E-state index in [4.69, 9.17) is 4.74 Å². The van der Waals surface area contributed by atoms with Crippen LogP contribution in [0.25, 0.3) is 16.6 Å². The quantitative estimate of drug-likeness (QED) is 0.236. The minimum Gasteiger partial charge on any atom is -0.497 e. The summed E-state index contributed by atoms with van der Waals surface area (Å²) in [5, 5.41) is 4.24. The number of ether oxygens (including phenoxy) is 1. The Bertz CT molecular complexity index is 1440. The molecule has 35 heavy (non-hydrogen) atoms. The summed E-state index contributed by atoms with van der Waals surface area (Å²) in [6.07, 6.45) is 6.50. The minimum atomic E-state index is -0.293. The third kappa shape index (κ3) is 5.24. The zero-order chi connectivity index (χ0) is 24.2. The molecule has 6 nitrogen and oxygen atoms in total. The lowest BCUT2D eigenvalue weighted by molar-refractivity contribution is -0.121. The lowest BCUT2D eigenvalue weighted by atomic mass is 10.0. The number of halogens is 1. The predicted molar refractivity (Wildman–Crippen MR) is 146 cm³/mol. The highest BCUT2D eigenvalue weighted by Gasteiger charge is 2.22. The molecule has 0 aliphatic carbocycles. The second kappa shape index (κ2) is 10.4. The van der Waals surface area contributed by atoms with Crippen LogP contribution in [0.15, 0.2) is 91.4 Å². The molecule has 0 radical (unpaired) electrons. The smallest absolute Gasteiger partial charge is 0.225 e. The minimum absolute atomic E-state index is 0.0631. The second-order valence-corrected chi connectivity index (χ2v) is 9.59. The Morgan fingerprint density at radius 1 is 1.11 bits per heavy atom. The van der Waals surface area contributed by atoms with Gasteiger partial charge in [-0.15, -0.1) is 0 Å². The SMILES string of the molecule is COc1ccc2[nH]cc(CC(=O)N[C@@H](Cc3ccccc3)c3nccn3-c3ccc(I)cc3)c2c1. The summed E-state index contributed by atoms with van der Waals surface area (Å²) in [6.45, 7) is 0. The van der Waals surface area contributed by atoms with Gasteiger partial charge in [-0.25, -0.2) is 4.98 Å². The van der Waals surface area contributed by atoms with Crippen molar-refractivity contribution in [1.82, 2.24) is 19.9 Å². The molecule has 1 atom stereocenters. The molecule has 5 aromatic rings. The number of hydrogen-bond acceptors (Lipinski definition) is 3. The summed E-state index contributed by atoms with van der Waals surface area (Å²) in [5.74, 6) is 1.50. The number of carbonyl (C=O) groups excluding carboxylic acids is 1. The molecule has 0 saturated heterocycles. The molecule has 0 bridgehead atoms. The number of fused-ring (bicyclic) bond motifs is 1. The van der Waals surface area contributed by atoms with Crippen LogP contribution < -0.4 is 10.1 Å². The molecule has 0 saturated carbocycles. The molecule has 2 N–H and O–H groups in total. The highest BCUT2D eigenvalue weighted by atomic mass is 127. The Morgan fingerprint density at radius 2 is 1.91 bits per heavy atom. The fraction of sp³-hybridized carbons (Fsp3) is 0.143. The average Bonchev–Trinajstić information content (AvgIpc) is 3.52. The van der Waals surface area contributed by atoms with E-state index in [1.165, 1.54) is 0 Å². The van der Waals surface area contributed by atoms with Crippen LogP contribution in [-0.2, 0) is 17.6 Å². The largest absolute Gasteiger partial charge is 0.497 e. The van der Waals surface area contributed by atoms with E-state index in [2.05, 4.69) is 74.3 Å². The van der Waals surface area contributed by atoms with Gasteiger partial charge >= 0.3 is 0 Å². The molecule has 2 aromatic heterocycles. The van der Waals surface area contributed by atoms with Gasteiger partial charge in [-0.1, -0.05) is 30.3 Å². The number of methoxy groups -OCH3 is 1. The topological polar surface area (TPSA) is 71.9 Å². The molecular weight excluding hydrogens is 551 g/mol. The van der Waals surface area contributed by atoms with Crippen molar-refractivity contribution in [2.45, 2.75) is 18.9 Å². The highest BCUT2D eigenvalue weighted by Crippen LogP contribution is 2.25. The van der Waals surface area contributed by atoms with Crippen molar-refractivity contribution in [1.29, 1.82) is 0 Å². The Labute approximate surface area is 217 Å². The van der Waals surface area contributed by atoms with Crippen LogP contribution in [0.3, 0.4) is 0 Å². The summed E-state index contributed by atoms with van der Waals surface area (Å²) in [7, 11) is 1.64. The zero-order valence-corrected chi connectivity index (χ0v) is 21.4. The number of hydrogen-bond donors (Lipinski definition) is 2. The number of aromatic nitrogens is 3. The molecule has 0 unspecified atom stereocenters. The highest BCUT2D eigenvalue weighted by molar-refractivity contribution is 14.1. The molecule has 3 aromatic carbocycles. The maximum Gasteiger partial charge on any atom is 0.225 e. The Kier molecular flexibility index (Phi) is 6.85. The first-order valence-corrected chi connectivity index (χ1v) is 12.4. The molecule has 5 rings (SSSR count). The Balaban J connectivity index is 1.43. The van der Waals surface area contributed by atoms with Gasteiger partial charge in [0.05, 0.1) is 19.6 Å². The van der Waals surface area contributed by atoms with Gasteiger partial charge in [-0.05, 0) is 82.6 Å². The molecule has 7 heteroatoms. The van der Waals surface area contributed by atoms with Crippen molar-refractivity contribution in [3.8, 4) is 11.4 Å². The summed E-state index contributed by atoms with van der Waals surface area (Å²) in [6, 6.07) is 24.0. The van der Waals surface area contributed by atoms with E-state index < -0.39 is 0 Å². The maximum absolute atomic E-state index is 13.3. The number of amides is 1. The Hall–Kier alpha value is -3.59. The van der Waals surface area contributed by atoms with Crippen molar-refractivity contribution in [2.24, 2.45) is 0 Å². The normalized spacial score (nSPS) is 11.9. The number of carbonyl (C=O) groups is 1. The first-order chi connectivity index (χ1) is 17.1. The van der Waals surface area contributed by atoms with E-state index >= 15 is 0 Å². The number of imidazole rings is 1. The van der Waals surface area contributed by atoms with Crippen LogP contribution >= 0.6 is 22.6 Å². The summed E-state index contributed by atoms with van der Waals surface area (Å²) >= 11 is 2.30. The summed E-state index contributed by atoms with van der Waals surface area (Å²) in [5.41, 5.74) is 4.04. The van der Waals surface area contributed by atoms with Crippen LogP contribution in [0.5, 0.6) is 5.75 Å². The van der Waals surface area contributed by atoms with Crippen molar-refractivity contribution in [3.05, 3.63) is 112 Å². The predicted octanol–water partition coefficient (Wildman–Crippen LogP) is 5.61. The number of nitrogens with one attached hydrogen (secondary N) is 2. The summed E-state index contributed by atoms with van der Waals surface area (Å²) in [4.78, 5) is 21.2. The molecule has 176 valence electrons. The third-order valence-corrected chi connectivity index (χ3v) is 6.75.